The molecule has 0 spiro atoms. The summed E-state index contributed by atoms with van der Waals surface area (Å²) in [5, 5.41) is 4.29. The molecule has 7 nitrogen and oxygen atoms in total. The molecule has 0 amide bonds. The molecule has 26 heavy (non-hydrogen) atoms. The molecular weight excluding hydrogens is 352 g/mol. The SMILES string of the molecule is NCCN(CCc1ccccc1)S(=O)(=O)c1cnn(C2CCOCC2)c1. The zero-order valence-corrected chi connectivity index (χ0v) is 15.6. The van der Waals surface area contributed by atoms with Crippen LogP contribution in [0.1, 0.15) is 24.4 Å². The van der Waals surface area contributed by atoms with E-state index in [0.29, 0.717) is 26.2 Å². The average molecular weight is 378 g/mol. The van der Waals surface area contributed by atoms with Gasteiger partial charge in [0.15, 0.2) is 0 Å². The third-order valence-electron chi connectivity index (χ3n) is 4.65. The summed E-state index contributed by atoms with van der Waals surface area (Å²) in [5.74, 6) is 0. The van der Waals surface area contributed by atoms with Gasteiger partial charge in [-0.3, -0.25) is 4.68 Å². The molecule has 1 fully saturated rings. The van der Waals surface area contributed by atoms with Crippen LogP contribution >= 0.6 is 0 Å². The van der Waals surface area contributed by atoms with E-state index in [9.17, 15) is 8.42 Å². The normalized spacial score (nSPS) is 16.2. The summed E-state index contributed by atoms with van der Waals surface area (Å²) in [6, 6.07) is 10.0. The van der Waals surface area contributed by atoms with Gasteiger partial charge in [0, 0.05) is 39.0 Å². The highest BCUT2D eigenvalue weighted by Crippen LogP contribution is 2.23. The molecule has 2 heterocycles. The molecule has 142 valence electrons. The minimum atomic E-state index is -3.61. The Morgan fingerprint density at radius 3 is 2.62 bits per heavy atom. The second-order valence-electron chi connectivity index (χ2n) is 6.43. The standard InChI is InChI=1S/C18H26N4O3S/c19-9-11-21(10-6-16-4-2-1-3-5-16)26(23,24)18-14-20-22(15-18)17-7-12-25-13-8-17/h1-5,14-15,17H,6-13,19H2. The van der Waals surface area contributed by atoms with E-state index in [-0.39, 0.29) is 24.0 Å². The van der Waals surface area contributed by atoms with Crippen LogP contribution in [0.2, 0.25) is 0 Å². The number of nitrogens with two attached hydrogens (primary N) is 1. The first kappa shape index (κ1) is 19.0. The van der Waals surface area contributed by atoms with Crippen LogP contribution in [0.5, 0.6) is 0 Å². The lowest BCUT2D eigenvalue weighted by atomic mass is 10.1. The molecule has 0 unspecified atom stereocenters. The topological polar surface area (TPSA) is 90.5 Å². The van der Waals surface area contributed by atoms with Gasteiger partial charge in [-0.1, -0.05) is 30.3 Å². The second kappa shape index (κ2) is 8.77. The van der Waals surface area contributed by atoms with Gasteiger partial charge in [-0.25, -0.2) is 8.42 Å². The van der Waals surface area contributed by atoms with Gasteiger partial charge in [0.2, 0.25) is 10.0 Å². The van der Waals surface area contributed by atoms with Crippen LogP contribution < -0.4 is 5.73 Å². The van der Waals surface area contributed by atoms with Crippen molar-refractivity contribution in [2.75, 3.05) is 32.8 Å². The molecular formula is C18H26N4O3S. The van der Waals surface area contributed by atoms with Crippen LogP contribution in [0.4, 0.5) is 0 Å². The molecule has 8 heteroatoms. The minimum absolute atomic E-state index is 0.194. The number of ether oxygens (including phenoxy) is 1. The van der Waals surface area contributed by atoms with E-state index < -0.39 is 10.0 Å². The molecule has 2 N–H and O–H groups in total. The molecule has 1 aromatic carbocycles. The Labute approximate surface area is 154 Å². The molecule has 3 rings (SSSR count). The number of rotatable bonds is 8. The van der Waals surface area contributed by atoms with E-state index in [1.165, 1.54) is 10.5 Å². The smallest absolute Gasteiger partial charge is 0.246 e. The van der Waals surface area contributed by atoms with Crippen LogP contribution in [0.15, 0.2) is 47.6 Å². The average Bonchev–Trinajstić information content (AvgIpc) is 3.18. The van der Waals surface area contributed by atoms with Gasteiger partial charge in [-0.15, -0.1) is 0 Å². The maximum absolute atomic E-state index is 13.0. The molecule has 0 aliphatic carbocycles. The molecule has 1 aromatic heterocycles. The fourth-order valence-corrected chi connectivity index (χ4v) is 4.54. The number of hydrogen-bond acceptors (Lipinski definition) is 5. The van der Waals surface area contributed by atoms with E-state index in [4.69, 9.17) is 10.5 Å². The van der Waals surface area contributed by atoms with Gasteiger partial charge < -0.3 is 10.5 Å². The Bertz CT molecular complexity index is 786. The first-order valence-electron chi connectivity index (χ1n) is 8.97. The molecule has 0 atom stereocenters. The zero-order valence-electron chi connectivity index (χ0n) is 14.8. The number of aromatic nitrogens is 2. The first-order valence-corrected chi connectivity index (χ1v) is 10.4. The monoisotopic (exact) mass is 378 g/mol. The van der Waals surface area contributed by atoms with Crippen molar-refractivity contribution in [1.29, 1.82) is 0 Å². The number of benzene rings is 1. The van der Waals surface area contributed by atoms with E-state index in [1.54, 1.807) is 10.9 Å². The van der Waals surface area contributed by atoms with Crippen LogP contribution in [-0.2, 0) is 21.2 Å². The van der Waals surface area contributed by atoms with Crippen LogP contribution in [-0.4, -0.2) is 55.4 Å². The lowest BCUT2D eigenvalue weighted by Gasteiger charge is -2.22. The van der Waals surface area contributed by atoms with Crippen LogP contribution in [0.25, 0.3) is 0 Å². The lowest BCUT2D eigenvalue weighted by molar-refractivity contribution is 0.0662. The summed E-state index contributed by atoms with van der Waals surface area (Å²) in [4.78, 5) is 0.227. The predicted octanol–water partition coefficient (Wildman–Crippen LogP) is 1.43. The molecule has 1 saturated heterocycles. The Morgan fingerprint density at radius 1 is 1.19 bits per heavy atom. The van der Waals surface area contributed by atoms with Gasteiger partial charge in [-0.2, -0.15) is 9.40 Å². The summed E-state index contributed by atoms with van der Waals surface area (Å²) in [5.41, 5.74) is 6.75. The summed E-state index contributed by atoms with van der Waals surface area (Å²) in [6.07, 6.45) is 5.42. The van der Waals surface area contributed by atoms with Crippen molar-refractivity contribution in [3.63, 3.8) is 0 Å². The molecule has 0 bridgehead atoms. The van der Waals surface area contributed by atoms with Crippen molar-refractivity contribution >= 4 is 10.0 Å². The fourth-order valence-electron chi connectivity index (χ4n) is 3.15. The molecule has 1 aliphatic heterocycles. The number of hydrogen-bond donors (Lipinski definition) is 1. The highest BCUT2D eigenvalue weighted by molar-refractivity contribution is 7.89. The fraction of sp³-hybridized carbons (Fsp3) is 0.500. The maximum Gasteiger partial charge on any atom is 0.246 e. The van der Waals surface area contributed by atoms with Crippen molar-refractivity contribution in [3.05, 3.63) is 48.3 Å². The highest BCUT2D eigenvalue weighted by atomic mass is 32.2. The quantitative estimate of drug-likeness (QED) is 0.750. The van der Waals surface area contributed by atoms with Crippen molar-refractivity contribution in [2.45, 2.75) is 30.2 Å². The minimum Gasteiger partial charge on any atom is -0.381 e. The summed E-state index contributed by atoms with van der Waals surface area (Å²) < 4.78 is 34.6. The van der Waals surface area contributed by atoms with Gasteiger partial charge in [0.25, 0.3) is 0 Å². The van der Waals surface area contributed by atoms with E-state index in [2.05, 4.69) is 5.10 Å². The third-order valence-corrected chi connectivity index (χ3v) is 6.50. The van der Waals surface area contributed by atoms with Gasteiger partial charge in [0.05, 0.1) is 12.2 Å². The summed E-state index contributed by atoms with van der Waals surface area (Å²) in [7, 11) is -3.61. The molecule has 0 radical (unpaired) electrons. The Morgan fingerprint density at radius 2 is 1.92 bits per heavy atom. The maximum atomic E-state index is 13.0. The number of sulfonamides is 1. The Kier molecular flexibility index (Phi) is 6.42. The molecule has 0 saturated carbocycles. The van der Waals surface area contributed by atoms with E-state index in [0.717, 1.165) is 18.4 Å². The second-order valence-corrected chi connectivity index (χ2v) is 8.37. The lowest BCUT2D eigenvalue weighted by Crippen LogP contribution is -2.36. The summed E-state index contributed by atoms with van der Waals surface area (Å²) in [6.45, 7) is 2.33. The first-order chi connectivity index (χ1) is 12.6. The van der Waals surface area contributed by atoms with Crippen molar-refractivity contribution in [2.24, 2.45) is 5.73 Å². The Balaban J connectivity index is 1.73. The number of nitrogens with zero attached hydrogens (tertiary/aromatic N) is 3. The van der Waals surface area contributed by atoms with Gasteiger partial charge in [-0.05, 0) is 24.8 Å². The van der Waals surface area contributed by atoms with Crippen molar-refractivity contribution < 1.29 is 13.2 Å². The highest BCUT2D eigenvalue weighted by Gasteiger charge is 2.26. The zero-order chi connectivity index (χ0) is 18.4. The van der Waals surface area contributed by atoms with E-state index in [1.807, 2.05) is 30.3 Å². The van der Waals surface area contributed by atoms with E-state index >= 15 is 0 Å². The van der Waals surface area contributed by atoms with Gasteiger partial charge >= 0.3 is 0 Å². The van der Waals surface area contributed by atoms with Crippen molar-refractivity contribution in [1.82, 2.24) is 14.1 Å². The van der Waals surface area contributed by atoms with Crippen molar-refractivity contribution in [3.8, 4) is 0 Å². The predicted molar refractivity (Wildman–Crippen MR) is 99.3 cm³/mol. The molecule has 1 aliphatic rings. The van der Waals surface area contributed by atoms with Crippen LogP contribution in [0.3, 0.4) is 0 Å². The molecule has 2 aromatic rings. The third kappa shape index (κ3) is 4.50. The van der Waals surface area contributed by atoms with Gasteiger partial charge in [0.1, 0.15) is 4.90 Å². The van der Waals surface area contributed by atoms with Crippen LogP contribution in [0, 0.1) is 0 Å². The Hall–Kier alpha value is -1.74. The largest absolute Gasteiger partial charge is 0.381 e. The summed E-state index contributed by atoms with van der Waals surface area (Å²) >= 11 is 0.